The summed E-state index contributed by atoms with van der Waals surface area (Å²) in [6.45, 7) is 5.57. The van der Waals surface area contributed by atoms with E-state index in [4.69, 9.17) is 10.2 Å². The van der Waals surface area contributed by atoms with Crippen LogP contribution in [0.4, 0.5) is 5.13 Å². The second-order valence-corrected chi connectivity index (χ2v) is 7.32. The van der Waals surface area contributed by atoms with Crippen molar-refractivity contribution in [2.45, 2.75) is 6.92 Å². The Morgan fingerprint density at radius 1 is 0.967 bits per heavy atom. The zero-order chi connectivity index (χ0) is 21.5. The fourth-order valence-electron chi connectivity index (χ4n) is 3.00. The molecule has 1 aliphatic heterocycles. The highest BCUT2D eigenvalue weighted by atomic mass is 32.1. The molecule has 1 fully saturated rings. The van der Waals surface area contributed by atoms with E-state index in [2.05, 4.69) is 19.6 Å². The van der Waals surface area contributed by atoms with Gasteiger partial charge in [0.2, 0.25) is 5.13 Å². The van der Waals surface area contributed by atoms with Crippen LogP contribution in [-0.4, -0.2) is 57.7 Å². The summed E-state index contributed by atoms with van der Waals surface area (Å²) >= 11 is 1.49. The van der Waals surface area contributed by atoms with Gasteiger partial charge in [0, 0.05) is 43.3 Å². The number of nitrogens with one attached hydrogen (secondary N) is 1. The van der Waals surface area contributed by atoms with Gasteiger partial charge >= 0.3 is 11.9 Å². The molecule has 0 saturated carbocycles. The lowest BCUT2D eigenvalue weighted by Crippen LogP contribution is -2.43. The largest absolute Gasteiger partial charge is 0.478 e. The second-order valence-electron chi connectivity index (χ2n) is 6.59. The first kappa shape index (κ1) is 21.4. The van der Waals surface area contributed by atoms with Crippen molar-refractivity contribution in [3.63, 3.8) is 0 Å². The topological polar surface area (TPSA) is 116 Å². The second kappa shape index (κ2) is 9.95. The number of nitrogens with zero attached hydrogens (tertiary/aromatic N) is 3. The van der Waals surface area contributed by atoms with Gasteiger partial charge < -0.3 is 20.4 Å². The van der Waals surface area contributed by atoms with Gasteiger partial charge in [0.05, 0.1) is 11.1 Å². The van der Waals surface area contributed by atoms with E-state index in [0.717, 1.165) is 42.7 Å². The van der Waals surface area contributed by atoms with Gasteiger partial charge in [-0.3, -0.25) is 0 Å². The zero-order valence-electron chi connectivity index (χ0n) is 16.4. The summed E-state index contributed by atoms with van der Waals surface area (Å²) in [7, 11) is 0. The average Bonchev–Trinajstić information content (AvgIpc) is 3.26. The van der Waals surface area contributed by atoms with E-state index in [9.17, 15) is 9.59 Å². The molecular formula is C21H22N4O4S. The summed E-state index contributed by atoms with van der Waals surface area (Å²) in [4.78, 5) is 28.1. The minimum absolute atomic E-state index is 0.0277. The van der Waals surface area contributed by atoms with Gasteiger partial charge in [0.25, 0.3) is 0 Å². The van der Waals surface area contributed by atoms with Crippen molar-refractivity contribution in [2.75, 3.05) is 31.1 Å². The van der Waals surface area contributed by atoms with Gasteiger partial charge in [-0.25, -0.2) is 9.59 Å². The molecule has 0 amide bonds. The first-order chi connectivity index (χ1) is 14.5. The van der Waals surface area contributed by atoms with Crippen LogP contribution < -0.4 is 10.2 Å². The number of anilines is 1. The fourth-order valence-corrected chi connectivity index (χ4v) is 3.74. The van der Waals surface area contributed by atoms with E-state index in [1.54, 1.807) is 0 Å². The minimum Gasteiger partial charge on any atom is -0.478 e. The third-order valence-electron chi connectivity index (χ3n) is 4.63. The number of hydrogen-bond donors (Lipinski definition) is 3. The number of aromatic carboxylic acids is 2. The maximum atomic E-state index is 10.6. The van der Waals surface area contributed by atoms with Crippen LogP contribution >= 0.6 is 11.5 Å². The maximum Gasteiger partial charge on any atom is 0.335 e. The predicted molar refractivity (Wildman–Crippen MR) is 116 cm³/mol. The van der Waals surface area contributed by atoms with E-state index in [1.807, 2.05) is 30.3 Å². The number of carboxylic acid groups (broad SMARTS) is 2. The van der Waals surface area contributed by atoms with E-state index >= 15 is 0 Å². The number of carboxylic acids is 2. The van der Waals surface area contributed by atoms with Crippen LogP contribution in [-0.2, 0) is 0 Å². The van der Waals surface area contributed by atoms with E-state index < -0.39 is 11.9 Å². The van der Waals surface area contributed by atoms with Crippen LogP contribution in [0.1, 0.15) is 26.3 Å². The molecule has 1 saturated heterocycles. The summed E-state index contributed by atoms with van der Waals surface area (Å²) in [5, 5.41) is 21.7. The average molecular weight is 426 g/mol. The minimum atomic E-state index is -1.11. The molecule has 3 aromatic rings. The highest BCUT2D eigenvalue weighted by Crippen LogP contribution is 2.23. The first-order valence-corrected chi connectivity index (χ1v) is 10.2. The zero-order valence-corrected chi connectivity index (χ0v) is 17.2. The molecule has 1 aliphatic rings. The third-order valence-corrected chi connectivity index (χ3v) is 5.41. The standard InChI is InChI=1S/C12H14N4S.C9H8O4/c1-2-4-10(5-3-1)11-14-12(17-15-11)16-8-6-13-7-9-16;1-5-6(8(10)11)3-2-4-7(5)9(12)13/h1-5,13H,6-9H2;2-4H,1H3,(H,10,11)(H,12,13). The molecule has 1 aromatic heterocycles. The molecule has 2 aromatic carbocycles. The van der Waals surface area contributed by atoms with Crippen molar-refractivity contribution in [2.24, 2.45) is 0 Å². The Kier molecular flexibility index (Phi) is 7.10. The van der Waals surface area contributed by atoms with Crippen molar-refractivity contribution in [3.8, 4) is 11.4 Å². The predicted octanol–water partition coefficient (Wildman–Crippen LogP) is 3.01. The quantitative estimate of drug-likeness (QED) is 0.583. The number of piperazine rings is 1. The number of aromatic nitrogens is 2. The Hall–Kier alpha value is -3.30. The van der Waals surface area contributed by atoms with Crippen LogP contribution in [0, 0.1) is 6.92 Å². The van der Waals surface area contributed by atoms with Crippen LogP contribution in [0.2, 0.25) is 0 Å². The molecule has 2 heterocycles. The van der Waals surface area contributed by atoms with Crippen LogP contribution in [0.15, 0.2) is 48.5 Å². The van der Waals surface area contributed by atoms with Crippen molar-refractivity contribution in [3.05, 3.63) is 65.2 Å². The van der Waals surface area contributed by atoms with Crippen LogP contribution in [0.5, 0.6) is 0 Å². The molecule has 4 rings (SSSR count). The van der Waals surface area contributed by atoms with Crippen molar-refractivity contribution >= 4 is 28.6 Å². The summed E-state index contributed by atoms with van der Waals surface area (Å²) in [6.07, 6.45) is 0. The molecule has 0 aliphatic carbocycles. The van der Waals surface area contributed by atoms with Gasteiger partial charge in [0.1, 0.15) is 0 Å². The number of benzene rings is 2. The number of rotatable bonds is 4. The monoisotopic (exact) mass is 426 g/mol. The summed E-state index contributed by atoms with van der Waals surface area (Å²) in [5.74, 6) is -1.38. The van der Waals surface area contributed by atoms with E-state index in [0.29, 0.717) is 0 Å². The van der Waals surface area contributed by atoms with E-state index in [1.165, 1.54) is 36.7 Å². The molecule has 9 heteroatoms. The Labute approximate surface area is 178 Å². The third kappa shape index (κ3) is 5.19. The summed E-state index contributed by atoms with van der Waals surface area (Å²) < 4.78 is 4.43. The molecule has 0 radical (unpaired) electrons. The van der Waals surface area contributed by atoms with E-state index in [-0.39, 0.29) is 16.7 Å². The molecule has 3 N–H and O–H groups in total. The van der Waals surface area contributed by atoms with Crippen molar-refractivity contribution in [1.82, 2.24) is 14.7 Å². The fraction of sp³-hybridized carbons (Fsp3) is 0.238. The lowest BCUT2D eigenvalue weighted by Gasteiger charge is -2.26. The molecule has 0 bridgehead atoms. The van der Waals surface area contributed by atoms with Gasteiger partial charge in [-0.1, -0.05) is 36.4 Å². The van der Waals surface area contributed by atoms with Gasteiger partial charge in [-0.05, 0) is 24.6 Å². The molecule has 0 unspecified atom stereocenters. The Morgan fingerprint density at radius 2 is 1.57 bits per heavy atom. The molecular weight excluding hydrogens is 404 g/mol. The highest BCUT2D eigenvalue weighted by molar-refractivity contribution is 7.09. The highest BCUT2D eigenvalue weighted by Gasteiger charge is 2.15. The van der Waals surface area contributed by atoms with Gasteiger partial charge in [-0.15, -0.1) is 0 Å². The SMILES string of the molecule is Cc1c(C(=O)O)cccc1C(=O)O.c1ccc(-c2nsc(N3CCNCC3)n2)cc1. The molecule has 30 heavy (non-hydrogen) atoms. The molecule has 0 spiro atoms. The summed E-state index contributed by atoms with van der Waals surface area (Å²) in [5.41, 5.74) is 1.42. The Morgan fingerprint density at radius 3 is 2.13 bits per heavy atom. The van der Waals surface area contributed by atoms with Crippen LogP contribution in [0.25, 0.3) is 11.4 Å². The molecule has 8 nitrogen and oxygen atoms in total. The van der Waals surface area contributed by atoms with Crippen molar-refractivity contribution < 1.29 is 19.8 Å². The van der Waals surface area contributed by atoms with Gasteiger partial charge in [0.15, 0.2) is 5.82 Å². The lowest BCUT2D eigenvalue weighted by atomic mass is 10.0. The smallest absolute Gasteiger partial charge is 0.335 e. The lowest BCUT2D eigenvalue weighted by molar-refractivity contribution is 0.0696. The normalized spacial score (nSPS) is 13.3. The Balaban J connectivity index is 0.000000178. The molecule has 156 valence electrons. The number of carbonyl (C=O) groups is 2. The number of hydrogen-bond acceptors (Lipinski definition) is 7. The maximum absolute atomic E-state index is 10.6. The molecule has 0 atom stereocenters. The van der Waals surface area contributed by atoms with Crippen LogP contribution in [0.3, 0.4) is 0 Å². The first-order valence-electron chi connectivity index (χ1n) is 9.38. The van der Waals surface area contributed by atoms with Gasteiger partial charge in [-0.2, -0.15) is 9.36 Å². The van der Waals surface area contributed by atoms with Crippen molar-refractivity contribution in [1.29, 1.82) is 0 Å². The summed E-state index contributed by atoms with van der Waals surface area (Å²) in [6, 6.07) is 14.3. The Bertz CT molecular complexity index is 985.